The molecule has 5 atom stereocenters. The van der Waals surface area contributed by atoms with Crippen LogP contribution in [0.4, 0.5) is 5.82 Å². The van der Waals surface area contributed by atoms with Crippen LogP contribution in [0.5, 0.6) is 5.75 Å². The SMILES string of the molecule is CO[C@H]1C(OP(OCCOCCSC(=O)C(C)(C)C)N(C(C)C)C(C)C)[C@@H](CO)O[C@H]1n1cnc2c(NC(=O)COc3ccccc3)ncnc21. The van der Waals surface area contributed by atoms with Gasteiger partial charge in [0.05, 0.1) is 32.8 Å². The Balaban J connectivity index is 1.45. The molecule has 2 N–H and O–H groups in total. The molecule has 3 aromatic rings. The molecule has 51 heavy (non-hydrogen) atoms. The Kier molecular flexibility index (Phi) is 15.5. The van der Waals surface area contributed by atoms with Crippen LogP contribution in [-0.4, -0.2) is 117 Å². The molecular weight excluding hydrogens is 699 g/mol. The van der Waals surface area contributed by atoms with Crippen molar-refractivity contribution in [3.05, 3.63) is 43.0 Å². The molecule has 2 unspecified atom stereocenters. The highest BCUT2D eigenvalue weighted by Gasteiger charge is 2.49. The van der Waals surface area contributed by atoms with Gasteiger partial charge in [-0.15, -0.1) is 0 Å². The minimum absolute atomic E-state index is 0.0737. The van der Waals surface area contributed by atoms with Gasteiger partial charge in [-0.05, 0) is 39.8 Å². The number of hydrogen-bond acceptors (Lipinski definition) is 14. The Morgan fingerprint density at radius 1 is 1.06 bits per heavy atom. The van der Waals surface area contributed by atoms with Crippen molar-refractivity contribution in [1.29, 1.82) is 0 Å². The van der Waals surface area contributed by atoms with E-state index in [1.807, 2.05) is 39.0 Å². The summed E-state index contributed by atoms with van der Waals surface area (Å²) in [5.41, 5.74) is 0.329. The van der Waals surface area contributed by atoms with Gasteiger partial charge < -0.3 is 38.4 Å². The fraction of sp³-hybridized carbons (Fsp3) is 0.618. The molecule has 1 saturated heterocycles. The van der Waals surface area contributed by atoms with E-state index in [9.17, 15) is 14.7 Å². The van der Waals surface area contributed by atoms with Gasteiger partial charge in [0.2, 0.25) is 0 Å². The fourth-order valence-corrected chi connectivity index (χ4v) is 7.91. The minimum atomic E-state index is -1.66. The summed E-state index contributed by atoms with van der Waals surface area (Å²) in [5.74, 6) is 0.921. The molecular formula is C34H51N6O9PS. The summed E-state index contributed by atoms with van der Waals surface area (Å²) in [7, 11) is -0.116. The smallest absolute Gasteiger partial charge is 0.263 e. The lowest BCUT2D eigenvalue weighted by atomic mass is 10.00. The lowest BCUT2D eigenvalue weighted by molar-refractivity contribution is -0.118. The average molecular weight is 751 g/mol. The van der Waals surface area contributed by atoms with Crippen LogP contribution in [0.1, 0.15) is 54.7 Å². The number of para-hydroxylation sites is 1. The molecule has 282 valence electrons. The van der Waals surface area contributed by atoms with Crippen molar-refractivity contribution < 1.29 is 42.7 Å². The molecule has 4 rings (SSSR count). The van der Waals surface area contributed by atoms with Gasteiger partial charge in [0.25, 0.3) is 14.4 Å². The number of anilines is 1. The normalized spacial score (nSPS) is 20.1. The number of thioether (sulfide) groups is 1. The van der Waals surface area contributed by atoms with Crippen molar-refractivity contribution in [1.82, 2.24) is 24.2 Å². The zero-order chi connectivity index (χ0) is 37.1. The molecule has 17 heteroatoms. The monoisotopic (exact) mass is 750 g/mol. The Bertz CT molecular complexity index is 1540. The summed E-state index contributed by atoms with van der Waals surface area (Å²) in [6.45, 7) is 14.4. The number of fused-ring (bicyclic) bond motifs is 1. The van der Waals surface area contributed by atoms with E-state index in [-0.39, 0.29) is 42.8 Å². The van der Waals surface area contributed by atoms with Crippen molar-refractivity contribution in [2.75, 3.05) is 51.2 Å². The summed E-state index contributed by atoms with van der Waals surface area (Å²) in [6, 6.07) is 9.17. The van der Waals surface area contributed by atoms with Crippen LogP contribution < -0.4 is 10.1 Å². The number of carbonyl (C=O) groups is 2. The maximum absolute atomic E-state index is 12.7. The third-order valence-corrected chi connectivity index (χ3v) is 11.1. The zero-order valence-electron chi connectivity index (χ0n) is 30.6. The summed E-state index contributed by atoms with van der Waals surface area (Å²) >= 11 is 1.27. The van der Waals surface area contributed by atoms with Gasteiger partial charge in [0.1, 0.15) is 30.4 Å². The number of methoxy groups -OCH3 is 1. The third kappa shape index (κ3) is 11.1. The number of nitrogens with zero attached hydrogens (tertiary/aromatic N) is 5. The summed E-state index contributed by atoms with van der Waals surface area (Å²) < 4.78 is 40.5. The number of amides is 1. The van der Waals surface area contributed by atoms with Gasteiger partial charge in [0, 0.05) is 30.4 Å². The highest BCUT2D eigenvalue weighted by molar-refractivity contribution is 8.13. The molecule has 0 aliphatic carbocycles. The minimum Gasteiger partial charge on any atom is -0.484 e. The van der Waals surface area contributed by atoms with Crippen molar-refractivity contribution >= 4 is 48.3 Å². The number of carbonyl (C=O) groups excluding carboxylic acids is 2. The number of aliphatic hydroxyl groups excluding tert-OH is 1. The first-order chi connectivity index (χ1) is 24.3. The van der Waals surface area contributed by atoms with Crippen LogP contribution in [0.3, 0.4) is 0 Å². The van der Waals surface area contributed by atoms with Crippen molar-refractivity contribution in [2.24, 2.45) is 5.41 Å². The maximum atomic E-state index is 12.7. The second-order valence-electron chi connectivity index (χ2n) is 13.4. The molecule has 0 spiro atoms. The van der Waals surface area contributed by atoms with Gasteiger partial charge in [-0.3, -0.25) is 14.2 Å². The van der Waals surface area contributed by atoms with E-state index in [2.05, 4.69) is 52.6 Å². The first-order valence-corrected chi connectivity index (χ1v) is 19.0. The second-order valence-corrected chi connectivity index (χ2v) is 15.8. The van der Waals surface area contributed by atoms with Crippen LogP contribution in [-0.2, 0) is 32.8 Å². The molecule has 2 aromatic heterocycles. The first-order valence-electron chi connectivity index (χ1n) is 16.9. The standard InChI is InChI=1S/C34H51N6O9PS/c1-22(2)40(23(3)4)50(47-15-14-45-16-17-51-33(43)34(5,6)7)49-28-25(18-41)48-32(29(28)44-8)39-21-37-27-30(35-20-36-31(27)39)38-26(42)19-46-24-12-10-9-11-13-24/h9-13,20-23,25,28-29,32,41H,14-19H2,1-8H3,(H,35,36,38,42)/t25-,28?,29+,32-,50?/m1/s1. The lowest BCUT2D eigenvalue weighted by Crippen LogP contribution is -2.40. The summed E-state index contributed by atoms with van der Waals surface area (Å²) in [6.07, 6.45) is -0.136. The molecule has 1 aromatic carbocycles. The zero-order valence-corrected chi connectivity index (χ0v) is 32.3. The van der Waals surface area contributed by atoms with Gasteiger partial charge in [-0.1, -0.05) is 50.7 Å². The Morgan fingerprint density at radius 2 is 1.78 bits per heavy atom. The molecule has 0 saturated carbocycles. The van der Waals surface area contributed by atoms with Crippen LogP contribution >= 0.6 is 20.3 Å². The van der Waals surface area contributed by atoms with Crippen molar-refractivity contribution in [3.63, 3.8) is 0 Å². The van der Waals surface area contributed by atoms with Crippen molar-refractivity contribution in [3.8, 4) is 5.75 Å². The Morgan fingerprint density at radius 3 is 2.43 bits per heavy atom. The molecule has 0 radical (unpaired) electrons. The molecule has 1 fully saturated rings. The lowest BCUT2D eigenvalue weighted by Gasteiger charge is -2.38. The Labute approximate surface area is 305 Å². The van der Waals surface area contributed by atoms with E-state index in [1.54, 1.807) is 23.8 Å². The van der Waals surface area contributed by atoms with E-state index in [4.69, 9.17) is 28.0 Å². The predicted molar refractivity (Wildman–Crippen MR) is 195 cm³/mol. The van der Waals surface area contributed by atoms with Crippen LogP contribution in [0.25, 0.3) is 11.2 Å². The second kappa shape index (κ2) is 19.3. The molecule has 15 nitrogen and oxygen atoms in total. The van der Waals surface area contributed by atoms with E-state index >= 15 is 0 Å². The van der Waals surface area contributed by atoms with Crippen LogP contribution in [0.2, 0.25) is 0 Å². The predicted octanol–water partition coefficient (Wildman–Crippen LogP) is 4.82. The molecule has 3 heterocycles. The Hall–Kier alpha value is -2.79. The van der Waals surface area contributed by atoms with Gasteiger partial charge in [-0.2, -0.15) is 0 Å². The van der Waals surface area contributed by atoms with Crippen molar-refractivity contribution in [2.45, 2.75) is 85.1 Å². The molecule has 1 aliphatic heterocycles. The topological polar surface area (TPSA) is 169 Å². The molecule has 1 amide bonds. The highest BCUT2D eigenvalue weighted by atomic mass is 32.2. The van der Waals surface area contributed by atoms with Crippen LogP contribution in [0, 0.1) is 5.41 Å². The summed E-state index contributed by atoms with van der Waals surface area (Å²) in [5, 5.41) is 13.3. The first kappa shape index (κ1) is 41.0. The average Bonchev–Trinajstić information content (AvgIpc) is 3.67. The number of hydrogen-bond donors (Lipinski definition) is 2. The third-order valence-electron chi connectivity index (χ3n) is 7.70. The number of imidazole rings is 1. The van der Waals surface area contributed by atoms with E-state index < -0.39 is 44.4 Å². The number of aromatic nitrogens is 4. The highest BCUT2D eigenvalue weighted by Crippen LogP contribution is 2.50. The number of rotatable bonds is 19. The van der Waals surface area contributed by atoms with E-state index in [0.29, 0.717) is 35.9 Å². The number of aliphatic hydroxyl groups is 1. The fourth-order valence-electron chi connectivity index (χ4n) is 5.34. The summed E-state index contributed by atoms with van der Waals surface area (Å²) in [4.78, 5) is 38.0. The largest absolute Gasteiger partial charge is 0.484 e. The number of nitrogens with one attached hydrogen (secondary N) is 1. The van der Waals surface area contributed by atoms with E-state index in [1.165, 1.54) is 24.4 Å². The molecule has 1 aliphatic rings. The van der Waals surface area contributed by atoms with E-state index in [0.717, 1.165) is 0 Å². The van der Waals surface area contributed by atoms with Gasteiger partial charge >= 0.3 is 0 Å². The number of benzene rings is 1. The quantitative estimate of drug-likeness (QED) is 0.126. The van der Waals surface area contributed by atoms with Gasteiger partial charge in [0.15, 0.2) is 34.9 Å². The van der Waals surface area contributed by atoms with Gasteiger partial charge in [-0.25, -0.2) is 19.6 Å². The van der Waals surface area contributed by atoms with Crippen LogP contribution in [0.15, 0.2) is 43.0 Å². The number of ether oxygens (including phenoxy) is 4. The molecule has 0 bridgehead atoms. The maximum Gasteiger partial charge on any atom is 0.263 e.